The van der Waals surface area contributed by atoms with Crippen LogP contribution in [-0.2, 0) is 6.54 Å². The van der Waals surface area contributed by atoms with Crippen LogP contribution in [0.5, 0.6) is 0 Å². The van der Waals surface area contributed by atoms with Crippen molar-refractivity contribution in [2.24, 2.45) is 0 Å². The highest BCUT2D eigenvalue weighted by Gasteiger charge is 1.98. The van der Waals surface area contributed by atoms with Crippen LogP contribution >= 0.6 is 0 Å². The lowest BCUT2D eigenvalue weighted by Crippen LogP contribution is -2.12. The highest BCUT2D eigenvalue weighted by molar-refractivity contribution is 5.11. The van der Waals surface area contributed by atoms with E-state index in [-0.39, 0.29) is 5.43 Å². The number of hydrogen-bond donors (Lipinski definition) is 0. The van der Waals surface area contributed by atoms with Crippen LogP contribution in [0.15, 0.2) is 16.9 Å². The molecule has 0 bridgehead atoms. The van der Waals surface area contributed by atoms with Crippen LogP contribution in [0, 0.1) is 13.8 Å². The Balaban J connectivity index is 3.18. The van der Waals surface area contributed by atoms with Crippen LogP contribution in [-0.4, -0.2) is 4.57 Å². The van der Waals surface area contributed by atoms with E-state index < -0.39 is 0 Å². The lowest BCUT2D eigenvalue weighted by molar-refractivity contribution is 0.635. The highest BCUT2D eigenvalue weighted by atomic mass is 16.1. The van der Waals surface area contributed by atoms with Gasteiger partial charge in [-0.2, -0.15) is 0 Å². The molecule has 0 aliphatic rings. The summed E-state index contributed by atoms with van der Waals surface area (Å²) in [6, 6.07) is 3.37. The molecule has 1 aromatic rings. The molecule has 0 saturated heterocycles. The van der Waals surface area contributed by atoms with Crippen molar-refractivity contribution < 1.29 is 0 Å². The Morgan fingerprint density at radius 3 is 2.17 bits per heavy atom. The Bertz CT molecular complexity index is 299. The molecule has 0 fully saturated rings. The van der Waals surface area contributed by atoms with Gasteiger partial charge in [0.2, 0.25) is 0 Å². The topological polar surface area (TPSA) is 22.0 Å². The van der Waals surface area contributed by atoms with Gasteiger partial charge in [-0.05, 0) is 20.3 Å². The molecular weight excluding hydrogens is 150 g/mol. The Morgan fingerprint density at radius 2 is 1.75 bits per heavy atom. The van der Waals surface area contributed by atoms with Crippen LogP contribution in [0.2, 0.25) is 0 Å². The monoisotopic (exact) mass is 165 g/mol. The van der Waals surface area contributed by atoms with E-state index in [1.807, 2.05) is 13.8 Å². The van der Waals surface area contributed by atoms with Gasteiger partial charge in [0, 0.05) is 30.1 Å². The second-order valence-corrected chi connectivity index (χ2v) is 3.13. The second-order valence-electron chi connectivity index (χ2n) is 3.13. The second kappa shape index (κ2) is 3.57. The predicted molar refractivity (Wildman–Crippen MR) is 50.5 cm³/mol. The fourth-order valence-electron chi connectivity index (χ4n) is 1.46. The van der Waals surface area contributed by atoms with Crippen LogP contribution in [0.3, 0.4) is 0 Å². The van der Waals surface area contributed by atoms with Crippen molar-refractivity contribution in [3.05, 3.63) is 33.7 Å². The summed E-state index contributed by atoms with van der Waals surface area (Å²) in [5.41, 5.74) is 2.22. The Labute approximate surface area is 72.8 Å². The van der Waals surface area contributed by atoms with Crippen molar-refractivity contribution in [1.82, 2.24) is 4.57 Å². The molecule has 0 amide bonds. The molecule has 0 atom stereocenters. The highest BCUT2D eigenvalue weighted by Crippen LogP contribution is 2.02. The number of nitrogens with zero attached hydrogens (tertiary/aromatic N) is 1. The zero-order valence-electron chi connectivity index (χ0n) is 7.92. The van der Waals surface area contributed by atoms with Gasteiger partial charge in [0.25, 0.3) is 0 Å². The third kappa shape index (κ3) is 1.76. The van der Waals surface area contributed by atoms with E-state index in [4.69, 9.17) is 0 Å². The number of pyridine rings is 1. The van der Waals surface area contributed by atoms with Crippen LogP contribution in [0.1, 0.15) is 24.7 Å². The summed E-state index contributed by atoms with van der Waals surface area (Å²) in [5.74, 6) is 0. The fourth-order valence-corrected chi connectivity index (χ4v) is 1.46. The Morgan fingerprint density at radius 1 is 1.25 bits per heavy atom. The molecule has 66 valence electrons. The number of aromatic nitrogens is 1. The maximum Gasteiger partial charge on any atom is 0.182 e. The van der Waals surface area contributed by atoms with Crippen molar-refractivity contribution in [2.75, 3.05) is 0 Å². The first-order valence-corrected chi connectivity index (χ1v) is 4.33. The van der Waals surface area contributed by atoms with Crippen molar-refractivity contribution in [2.45, 2.75) is 33.7 Å². The van der Waals surface area contributed by atoms with E-state index in [2.05, 4.69) is 11.5 Å². The Kier molecular flexibility index (Phi) is 2.69. The van der Waals surface area contributed by atoms with E-state index in [1.54, 1.807) is 12.1 Å². The molecule has 0 aliphatic heterocycles. The molecule has 12 heavy (non-hydrogen) atoms. The van der Waals surface area contributed by atoms with Gasteiger partial charge in [-0.3, -0.25) is 4.79 Å². The maximum absolute atomic E-state index is 11.1. The molecule has 1 heterocycles. The van der Waals surface area contributed by atoms with E-state index in [1.165, 1.54) is 0 Å². The minimum Gasteiger partial charge on any atom is -0.349 e. The third-order valence-electron chi connectivity index (χ3n) is 2.00. The average molecular weight is 165 g/mol. The average Bonchev–Trinajstić information content (AvgIpc) is 1.96. The van der Waals surface area contributed by atoms with Crippen LogP contribution in [0.25, 0.3) is 0 Å². The third-order valence-corrected chi connectivity index (χ3v) is 2.00. The van der Waals surface area contributed by atoms with E-state index in [9.17, 15) is 4.79 Å². The summed E-state index contributed by atoms with van der Waals surface area (Å²) >= 11 is 0. The van der Waals surface area contributed by atoms with E-state index in [0.717, 1.165) is 24.4 Å². The summed E-state index contributed by atoms with van der Waals surface area (Å²) in [4.78, 5) is 11.1. The molecule has 2 heteroatoms. The van der Waals surface area contributed by atoms with Gasteiger partial charge < -0.3 is 4.57 Å². The van der Waals surface area contributed by atoms with Gasteiger partial charge >= 0.3 is 0 Å². The molecule has 0 aromatic carbocycles. The molecule has 1 rings (SSSR count). The minimum absolute atomic E-state index is 0.109. The standard InChI is InChI=1S/C10H15NO/c1-4-5-11-8(2)6-10(12)7-9(11)3/h6-7H,4-5H2,1-3H3. The summed E-state index contributed by atoms with van der Waals surface area (Å²) in [6.07, 6.45) is 1.10. The smallest absolute Gasteiger partial charge is 0.182 e. The first-order valence-electron chi connectivity index (χ1n) is 4.33. The minimum atomic E-state index is 0.109. The molecule has 0 aliphatic carbocycles. The van der Waals surface area contributed by atoms with Crippen molar-refractivity contribution in [3.63, 3.8) is 0 Å². The molecule has 0 unspecified atom stereocenters. The van der Waals surface area contributed by atoms with E-state index >= 15 is 0 Å². The molecule has 0 saturated carbocycles. The quantitative estimate of drug-likeness (QED) is 0.655. The van der Waals surface area contributed by atoms with Gasteiger partial charge in [0.15, 0.2) is 5.43 Å². The van der Waals surface area contributed by atoms with Gasteiger partial charge in [0.05, 0.1) is 0 Å². The molecule has 2 nitrogen and oxygen atoms in total. The number of aryl methyl sites for hydroxylation is 2. The summed E-state index contributed by atoms with van der Waals surface area (Å²) in [5, 5.41) is 0. The first kappa shape index (κ1) is 9.04. The van der Waals surface area contributed by atoms with Crippen molar-refractivity contribution >= 4 is 0 Å². The number of hydrogen-bond acceptors (Lipinski definition) is 1. The molecule has 0 spiro atoms. The van der Waals surface area contributed by atoms with Crippen LogP contribution < -0.4 is 5.43 Å². The molecule has 0 N–H and O–H groups in total. The molecular formula is C10H15NO. The van der Waals surface area contributed by atoms with Gasteiger partial charge in [-0.25, -0.2) is 0 Å². The van der Waals surface area contributed by atoms with Crippen LogP contribution in [0.4, 0.5) is 0 Å². The molecule has 1 aromatic heterocycles. The maximum atomic E-state index is 11.1. The van der Waals surface area contributed by atoms with Crippen molar-refractivity contribution in [1.29, 1.82) is 0 Å². The lowest BCUT2D eigenvalue weighted by Gasteiger charge is -2.12. The van der Waals surface area contributed by atoms with Crippen molar-refractivity contribution in [3.8, 4) is 0 Å². The van der Waals surface area contributed by atoms with E-state index in [0.29, 0.717) is 0 Å². The number of rotatable bonds is 2. The SMILES string of the molecule is CCCn1c(C)cc(=O)cc1C. The molecule has 0 radical (unpaired) electrons. The summed E-state index contributed by atoms with van der Waals surface area (Å²) in [7, 11) is 0. The largest absolute Gasteiger partial charge is 0.349 e. The Hall–Kier alpha value is -1.05. The lowest BCUT2D eigenvalue weighted by atomic mass is 10.3. The van der Waals surface area contributed by atoms with Gasteiger partial charge in [0.1, 0.15) is 0 Å². The first-order chi connectivity index (χ1) is 5.65. The normalized spacial score (nSPS) is 10.2. The zero-order chi connectivity index (χ0) is 9.14. The van der Waals surface area contributed by atoms with Gasteiger partial charge in [-0.1, -0.05) is 6.92 Å². The zero-order valence-corrected chi connectivity index (χ0v) is 7.92. The predicted octanol–water partition coefficient (Wildman–Crippen LogP) is 1.88. The summed E-state index contributed by atoms with van der Waals surface area (Å²) in [6.45, 7) is 7.09. The van der Waals surface area contributed by atoms with Gasteiger partial charge in [-0.15, -0.1) is 0 Å². The fraction of sp³-hybridized carbons (Fsp3) is 0.500. The summed E-state index contributed by atoms with van der Waals surface area (Å²) < 4.78 is 2.17.